The summed E-state index contributed by atoms with van der Waals surface area (Å²) in [5.41, 5.74) is 1.92. The van der Waals surface area contributed by atoms with Gasteiger partial charge in [-0.05, 0) is 48.6 Å². The quantitative estimate of drug-likeness (QED) is 0.425. The van der Waals surface area contributed by atoms with Crippen LogP contribution < -0.4 is 10.5 Å². The van der Waals surface area contributed by atoms with Crippen LogP contribution in [0.2, 0.25) is 0 Å². The second-order valence-corrected chi connectivity index (χ2v) is 9.64. The molecule has 2 aromatic carbocycles. The first-order chi connectivity index (χ1) is 14.3. The van der Waals surface area contributed by atoms with Crippen molar-refractivity contribution in [2.75, 3.05) is 0 Å². The number of aromatic nitrogens is 4. The summed E-state index contributed by atoms with van der Waals surface area (Å²) in [6.45, 7) is 0.588. The first-order valence-electron chi connectivity index (χ1n) is 8.70. The molecule has 2 aromatic heterocycles. The maximum atomic E-state index is 12.3. The molecule has 4 rings (SSSR count). The van der Waals surface area contributed by atoms with Gasteiger partial charge in [-0.2, -0.15) is 0 Å². The number of sulfonamides is 1. The van der Waals surface area contributed by atoms with Crippen LogP contribution in [0.25, 0.3) is 10.2 Å². The number of rotatable bonds is 6. The van der Waals surface area contributed by atoms with Gasteiger partial charge < -0.3 is 9.88 Å². The van der Waals surface area contributed by atoms with Crippen molar-refractivity contribution >= 4 is 49.7 Å². The summed E-state index contributed by atoms with van der Waals surface area (Å²) in [6.07, 6.45) is 1.73. The minimum atomic E-state index is -3.80. The number of nitrogens with two attached hydrogens (primary N) is 1. The van der Waals surface area contributed by atoms with E-state index in [1.54, 1.807) is 10.9 Å². The first kappa shape index (κ1) is 20.3. The van der Waals surface area contributed by atoms with Crippen LogP contribution >= 0.6 is 23.6 Å². The summed E-state index contributed by atoms with van der Waals surface area (Å²) in [5.74, 6) is -0.364. The van der Waals surface area contributed by atoms with E-state index in [0.29, 0.717) is 17.9 Å². The highest BCUT2D eigenvalue weighted by Gasteiger charge is 2.11. The summed E-state index contributed by atoms with van der Waals surface area (Å²) in [5, 5.41) is 16.0. The SMILES string of the molecule is NS(=O)(=O)c1ccc(C(=O)NCc2cn(Cn3c(=S)sc4ccccc43)nn2)cc1. The number of carbonyl (C=O) groups excluding carboxylic acids is 1. The molecule has 0 radical (unpaired) electrons. The maximum Gasteiger partial charge on any atom is 0.251 e. The van der Waals surface area contributed by atoms with Crippen molar-refractivity contribution in [2.24, 2.45) is 5.14 Å². The lowest BCUT2D eigenvalue weighted by Gasteiger charge is -2.05. The van der Waals surface area contributed by atoms with Crippen LogP contribution in [0, 0.1) is 3.95 Å². The Bertz CT molecular complexity index is 1390. The molecule has 0 bridgehead atoms. The lowest BCUT2D eigenvalue weighted by atomic mass is 10.2. The number of nitrogens with zero attached hydrogens (tertiary/aromatic N) is 4. The van der Waals surface area contributed by atoms with Gasteiger partial charge >= 0.3 is 0 Å². The maximum absolute atomic E-state index is 12.3. The van der Waals surface area contributed by atoms with E-state index in [2.05, 4.69) is 15.6 Å². The highest BCUT2D eigenvalue weighted by molar-refractivity contribution is 7.89. The third-order valence-electron chi connectivity index (χ3n) is 4.32. The number of primary sulfonamides is 1. The Hall–Kier alpha value is -2.93. The summed E-state index contributed by atoms with van der Waals surface area (Å²) in [4.78, 5) is 12.2. The van der Waals surface area contributed by atoms with Gasteiger partial charge in [0.2, 0.25) is 10.0 Å². The molecule has 0 aliphatic rings. The molecule has 30 heavy (non-hydrogen) atoms. The normalized spacial score (nSPS) is 11.6. The fraction of sp³-hybridized carbons (Fsp3) is 0.111. The highest BCUT2D eigenvalue weighted by Crippen LogP contribution is 2.22. The summed E-state index contributed by atoms with van der Waals surface area (Å²) < 4.78 is 28.0. The highest BCUT2D eigenvalue weighted by atomic mass is 32.2. The lowest BCUT2D eigenvalue weighted by Crippen LogP contribution is -2.23. The average Bonchev–Trinajstić information content (AvgIpc) is 3.30. The van der Waals surface area contributed by atoms with Gasteiger partial charge in [-0.3, -0.25) is 4.79 Å². The third-order valence-corrected chi connectivity index (χ3v) is 6.68. The molecular formula is C18H16N6O3S3. The number of hydrogen-bond acceptors (Lipinski definition) is 7. The van der Waals surface area contributed by atoms with Crippen molar-refractivity contribution in [1.82, 2.24) is 24.9 Å². The zero-order valence-corrected chi connectivity index (χ0v) is 17.9. The van der Waals surface area contributed by atoms with Gasteiger partial charge in [0.15, 0.2) is 3.95 Å². The largest absolute Gasteiger partial charge is 0.346 e. The van der Waals surface area contributed by atoms with Crippen molar-refractivity contribution in [3.05, 3.63) is 69.9 Å². The molecule has 0 fully saturated rings. The summed E-state index contributed by atoms with van der Waals surface area (Å²) >= 11 is 6.98. The zero-order valence-electron chi connectivity index (χ0n) is 15.4. The van der Waals surface area contributed by atoms with E-state index < -0.39 is 10.0 Å². The molecule has 3 N–H and O–H groups in total. The van der Waals surface area contributed by atoms with Gasteiger partial charge in [0, 0.05) is 5.56 Å². The second kappa shape index (κ2) is 8.07. The van der Waals surface area contributed by atoms with Gasteiger partial charge in [-0.15, -0.1) is 16.4 Å². The van der Waals surface area contributed by atoms with E-state index in [1.165, 1.54) is 35.6 Å². The Labute approximate surface area is 180 Å². The van der Waals surface area contributed by atoms with Crippen LogP contribution in [0.5, 0.6) is 0 Å². The minimum Gasteiger partial charge on any atom is -0.346 e. The molecule has 4 aromatic rings. The number of nitrogens with one attached hydrogen (secondary N) is 1. The van der Waals surface area contributed by atoms with Crippen molar-refractivity contribution in [1.29, 1.82) is 0 Å². The number of amides is 1. The lowest BCUT2D eigenvalue weighted by molar-refractivity contribution is 0.0950. The smallest absolute Gasteiger partial charge is 0.251 e. The zero-order chi connectivity index (χ0) is 21.3. The van der Waals surface area contributed by atoms with Crippen LogP contribution in [0.4, 0.5) is 0 Å². The standard InChI is InChI=1S/C18H16N6O3S3/c19-30(26,27)14-7-5-12(6-8-14)17(25)20-9-13-10-23(22-21-13)11-24-15-3-1-2-4-16(15)29-18(24)28/h1-8,10H,9,11H2,(H,20,25)(H2,19,26,27). The van der Waals surface area contributed by atoms with Gasteiger partial charge in [-0.1, -0.05) is 17.3 Å². The van der Waals surface area contributed by atoms with Crippen molar-refractivity contribution in [2.45, 2.75) is 18.1 Å². The molecule has 1 amide bonds. The number of para-hydroxylation sites is 1. The number of carbonyl (C=O) groups is 1. The molecule has 0 saturated carbocycles. The molecule has 2 heterocycles. The van der Waals surface area contributed by atoms with E-state index in [4.69, 9.17) is 17.4 Å². The molecule has 12 heteroatoms. The fourth-order valence-electron chi connectivity index (χ4n) is 2.85. The molecule has 0 spiro atoms. The van der Waals surface area contributed by atoms with Gasteiger partial charge in [0.25, 0.3) is 5.91 Å². The Balaban J connectivity index is 1.42. The van der Waals surface area contributed by atoms with Gasteiger partial charge in [0.05, 0.1) is 27.9 Å². The summed E-state index contributed by atoms with van der Waals surface area (Å²) in [6, 6.07) is 13.3. The van der Waals surface area contributed by atoms with E-state index in [-0.39, 0.29) is 17.3 Å². The van der Waals surface area contributed by atoms with E-state index in [9.17, 15) is 13.2 Å². The predicted octanol–water partition coefficient (Wildman–Crippen LogP) is 2.11. The monoisotopic (exact) mass is 460 g/mol. The number of fused-ring (bicyclic) bond motifs is 1. The van der Waals surface area contributed by atoms with Crippen LogP contribution in [-0.4, -0.2) is 33.9 Å². The Kier molecular flexibility index (Phi) is 5.47. The molecular weight excluding hydrogens is 444 g/mol. The average molecular weight is 461 g/mol. The Morgan fingerprint density at radius 3 is 2.63 bits per heavy atom. The predicted molar refractivity (Wildman–Crippen MR) is 115 cm³/mol. The van der Waals surface area contributed by atoms with Crippen LogP contribution in [0.1, 0.15) is 16.1 Å². The molecule has 0 atom stereocenters. The molecule has 154 valence electrons. The Morgan fingerprint density at radius 2 is 1.90 bits per heavy atom. The molecule has 0 aliphatic carbocycles. The molecule has 0 saturated heterocycles. The number of thiazole rings is 1. The van der Waals surface area contributed by atoms with Crippen LogP contribution in [0.15, 0.2) is 59.6 Å². The number of hydrogen-bond donors (Lipinski definition) is 2. The van der Waals surface area contributed by atoms with Gasteiger partial charge in [-0.25, -0.2) is 18.2 Å². The molecule has 9 nitrogen and oxygen atoms in total. The molecule has 0 unspecified atom stereocenters. The third kappa shape index (κ3) is 4.31. The fourth-order valence-corrected chi connectivity index (χ4v) is 4.67. The van der Waals surface area contributed by atoms with Gasteiger partial charge in [0.1, 0.15) is 12.4 Å². The van der Waals surface area contributed by atoms with E-state index >= 15 is 0 Å². The topological polar surface area (TPSA) is 125 Å². The van der Waals surface area contributed by atoms with Crippen molar-refractivity contribution in [3.63, 3.8) is 0 Å². The number of benzene rings is 2. The van der Waals surface area contributed by atoms with Crippen molar-refractivity contribution < 1.29 is 13.2 Å². The van der Waals surface area contributed by atoms with E-state index in [1.807, 2.05) is 28.8 Å². The van der Waals surface area contributed by atoms with Crippen LogP contribution in [-0.2, 0) is 23.2 Å². The second-order valence-electron chi connectivity index (χ2n) is 6.41. The van der Waals surface area contributed by atoms with Crippen molar-refractivity contribution in [3.8, 4) is 0 Å². The summed E-state index contributed by atoms with van der Waals surface area (Å²) in [7, 11) is -3.80. The Morgan fingerprint density at radius 1 is 1.17 bits per heavy atom. The minimum absolute atomic E-state index is 0.0541. The van der Waals surface area contributed by atoms with E-state index in [0.717, 1.165) is 14.2 Å². The molecule has 0 aliphatic heterocycles. The van der Waals surface area contributed by atoms with Crippen LogP contribution in [0.3, 0.4) is 0 Å². The first-order valence-corrected chi connectivity index (χ1v) is 11.5.